The molecule has 0 unspecified atom stereocenters. The topological polar surface area (TPSA) is 56.7 Å². The van der Waals surface area contributed by atoms with E-state index in [1.165, 1.54) is 23.7 Å². The summed E-state index contributed by atoms with van der Waals surface area (Å²) in [4.78, 5) is 8.21. The van der Waals surface area contributed by atoms with Crippen LogP contribution in [0.1, 0.15) is 16.8 Å². The summed E-state index contributed by atoms with van der Waals surface area (Å²) in [5, 5.41) is 4.06. The molecule has 0 aliphatic heterocycles. The number of aromatic nitrogens is 4. The third-order valence-corrected chi connectivity index (χ3v) is 5.74. The Bertz CT molecular complexity index is 1550. The SMILES string of the molecule is Cc1cc(C)cc(-c2cc(F)ccc2-c2nc(-c3ccc(-c4nc(C(F)(F)F)cn4C)cc3)no2)c1. The van der Waals surface area contributed by atoms with Gasteiger partial charge in [0.1, 0.15) is 11.6 Å². The molecule has 0 atom stereocenters. The standard InChI is InChI=1S/C27H20F4N4O/c1-15-10-16(2)12-19(11-15)22-13-20(28)8-9-21(22)26-33-24(34-36-26)17-4-6-18(7-5-17)25-32-23(14-35(25)3)27(29,30)31/h4-14H,1-3H3. The van der Waals surface area contributed by atoms with Crippen LogP contribution in [0, 0.1) is 19.7 Å². The van der Waals surface area contributed by atoms with Gasteiger partial charge in [0.05, 0.1) is 0 Å². The Morgan fingerprint density at radius 3 is 2.08 bits per heavy atom. The summed E-state index contributed by atoms with van der Waals surface area (Å²) >= 11 is 0. The van der Waals surface area contributed by atoms with Crippen LogP contribution in [0.3, 0.4) is 0 Å². The lowest BCUT2D eigenvalue weighted by Crippen LogP contribution is -2.04. The Labute approximate surface area is 204 Å². The molecule has 2 aromatic heterocycles. The second-order valence-corrected chi connectivity index (χ2v) is 8.63. The molecule has 9 heteroatoms. The van der Waals surface area contributed by atoms with Gasteiger partial charge in [-0.05, 0) is 43.2 Å². The predicted octanol–water partition coefficient (Wildman–Crippen LogP) is 7.25. The summed E-state index contributed by atoms with van der Waals surface area (Å²) in [6.45, 7) is 3.94. The van der Waals surface area contributed by atoms with Crippen molar-refractivity contribution >= 4 is 0 Å². The third kappa shape index (κ3) is 4.51. The molecule has 5 nitrogen and oxygen atoms in total. The van der Waals surface area contributed by atoms with Gasteiger partial charge in [-0.15, -0.1) is 0 Å². The second-order valence-electron chi connectivity index (χ2n) is 8.63. The minimum Gasteiger partial charge on any atom is -0.334 e. The first-order chi connectivity index (χ1) is 17.1. The maximum atomic E-state index is 14.2. The van der Waals surface area contributed by atoms with Gasteiger partial charge in [-0.2, -0.15) is 18.2 Å². The monoisotopic (exact) mass is 492 g/mol. The number of alkyl halides is 3. The molecule has 5 aromatic rings. The third-order valence-electron chi connectivity index (χ3n) is 5.74. The van der Waals surface area contributed by atoms with E-state index in [2.05, 4.69) is 15.1 Å². The smallest absolute Gasteiger partial charge is 0.334 e. The lowest BCUT2D eigenvalue weighted by Gasteiger charge is -2.09. The fourth-order valence-electron chi connectivity index (χ4n) is 4.16. The predicted molar refractivity (Wildman–Crippen MR) is 127 cm³/mol. The Balaban J connectivity index is 1.48. The van der Waals surface area contributed by atoms with Crippen molar-refractivity contribution in [1.82, 2.24) is 19.7 Å². The van der Waals surface area contributed by atoms with Crippen molar-refractivity contribution in [2.45, 2.75) is 20.0 Å². The molecular formula is C27H20F4N4O. The summed E-state index contributed by atoms with van der Waals surface area (Å²) in [6.07, 6.45) is -3.57. The van der Waals surface area contributed by atoms with Gasteiger partial charge in [0.25, 0.3) is 5.89 Å². The van der Waals surface area contributed by atoms with Crippen LogP contribution in [-0.4, -0.2) is 19.7 Å². The van der Waals surface area contributed by atoms with E-state index in [0.29, 0.717) is 28.1 Å². The number of benzene rings is 3. The quantitative estimate of drug-likeness (QED) is 0.248. The Morgan fingerprint density at radius 1 is 0.778 bits per heavy atom. The van der Waals surface area contributed by atoms with Gasteiger partial charge in [-0.25, -0.2) is 9.37 Å². The van der Waals surface area contributed by atoms with Crippen LogP contribution in [0.2, 0.25) is 0 Å². The molecule has 2 heterocycles. The summed E-state index contributed by atoms with van der Waals surface area (Å²) in [5.41, 5.74) is 4.30. The van der Waals surface area contributed by atoms with Crippen molar-refractivity contribution in [2.75, 3.05) is 0 Å². The highest BCUT2D eigenvalue weighted by atomic mass is 19.4. The first kappa shape index (κ1) is 23.5. The van der Waals surface area contributed by atoms with E-state index >= 15 is 0 Å². The highest BCUT2D eigenvalue weighted by Crippen LogP contribution is 2.35. The van der Waals surface area contributed by atoms with Crippen LogP contribution in [0.25, 0.3) is 45.4 Å². The lowest BCUT2D eigenvalue weighted by atomic mass is 9.96. The average molecular weight is 492 g/mol. The zero-order chi connectivity index (χ0) is 25.6. The molecule has 3 aromatic carbocycles. The maximum absolute atomic E-state index is 14.2. The summed E-state index contributed by atoms with van der Waals surface area (Å²) < 4.78 is 60.0. The van der Waals surface area contributed by atoms with E-state index in [9.17, 15) is 17.6 Å². The average Bonchev–Trinajstić information content (AvgIpc) is 3.46. The van der Waals surface area contributed by atoms with E-state index in [-0.39, 0.29) is 17.5 Å². The first-order valence-corrected chi connectivity index (χ1v) is 11.0. The van der Waals surface area contributed by atoms with E-state index in [1.54, 1.807) is 30.3 Å². The van der Waals surface area contributed by atoms with E-state index in [1.807, 2.05) is 32.0 Å². The normalized spacial score (nSPS) is 11.8. The molecule has 36 heavy (non-hydrogen) atoms. The highest BCUT2D eigenvalue weighted by Gasteiger charge is 2.34. The molecule has 182 valence electrons. The zero-order valence-corrected chi connectivity index (χ0v) is 19.6. The van der Waals surface area contributed by atoms with Gasteiger partial charge < -0.3 is 9.09 Å². The molecule has 0 aliphatic rings. The minimum atomic E-state index is -4.52. The fraction of sp³-hybridized carbons (Fsp3) is 0.148. The highest BCUT2D eigenvalue weighted by molar-refractivity contribution is 5.81. The van der Waals surface area contributed by atoms with Crippen molar-refractivity contribution in [3.8, 4) is 45.4 Å². The molecule has 0 fully saturated rings. The Kier molecular flexibility index (Phi) is 5.70. The van der Waals surface area contributed by atoms with Crippen LogP contribution < -0.4 is 0 Å². The van der Waals surface area contributed by atoms with Crippen molar-refractivity contribution < 1.29 is 22.1 Å². The van der Waals surface area contributed by atoms with E-state index in [4.69, 9.17) is 4.52 Å². The molecule has 0 radical (unpaired) electrons. The number of nitrogens with zero attached hydrogens (tertiary/aromatic N) is 4. The molecule has 0 N–H and O–H groups in total. The lowest BCUT2D eigenvalue weighted by molar-refractivity contribution is -0.140. The van der Waals surface area contributed by atoms with Gasteiger partial charge in [-0.1, -0.05) is 58.7 Å². The number of rotatable bonds is 4. The number of aryl methyl sites for hydroxylation is 3. The first-order valence-electron chi connectivity index (χ1n) is 11.0. The van der Waals surface area contributed by atoms with Gasteiger partial charge >= 0.3 is 6.18 Å². The Morgan fingerprint density at radius 2 is 1.44 bits per heavy atom. The summed E-state index contributed by atoms with van der Waals surface area (Å²) in [7, 11) is 1.51. The summed E-state index contributed by atoms with van der Waals surface area (Å²) in [6, 6.07) is 17.0. The van der Waals surface area contributed by atoms with Crippen LogP contribution in [-0.2, 0) is 13.2 Å². The molecule has 0 amide bonds. The number of hydrogen-bond donors (Lipinski definition) is 0. The minimum absolute atomic E-state index is 0.187. The number of imidazole rings is 1. The number of hydrogen-bond acceptors (Lipinski definition) is 4. The fourth-order valence-corrected chi connectivity index (χ4v) is 4.16. The molecular weight excluding hydrogens is 472 g/mol. The van der Waals surface area contributed by atoms with E-state index < -0.39 is 11.9 Å². The maximum Gasteiger partial charge on any atom is 0.434 e. The molecule has 0 saturated heterocycles. The van der Waals surface area contributed by atoms with Gasteiger partial charge in [0, 0.05) is 29.9 Å². The van der Waals surface area contributed by atoms with Crippen molar-refractivity contribution in [2.24, 2.45) is 7.05 Å². The van der Waals surface area contributed by atoms with Gasteiger partial charge in [0.2, 0.25) is 5.82 Å². The molecule has 0 saturated carbocycles. The van der Waals surface area contributed by atoms with Crippen molar-refractivity contribution in [3.63, 3.8) is 0 Å². The van der Waals surface area contributed by atoms with Crippen molar-refractivity contribution in [1.29, 1.82) is 0 Å². The van der Waals surface area contributed by atoms with Crippen LogP contribution in [0.5, 0.6) is 0 Å². The van der Waals surface area contributed by atoms with Crippen LogP contribution in [0.4, 0.5) is 17.6 Å². The van der Waals surface area contributed by atoms with Crippen LogP contribution >= 0.6 is 0 Å². The van der Waals surface area contributed by atoms with Crippen molar-refractivity contribution in [3.05, 3.63) is 89.5 Å². The second kappa shape index (κ2) is 8.75. The number of halogens is 4. The molecule has 0 aliphatic carbocycles. The molecule has 0 bridgehead atoms. The van der Waals surface area contributed by atoms with Gasteiger partial charge in [-0.3, -0.25) is 0 Å². The largest absolute Gasteiger partial charge is 0.434 e. The summed E-state index contributed by atoms with van der Waals surface area (Å²) in [5.74, 6) is 0.323. The van der Waals surface area contributed by atoms with Gasteiger partial charge in [0.15, 0.2) is 5.69 Å². The van der Waals surface area contributed by atoms with E-state index in [0.717, 1.165) is 22.9 Å². The Hall–Kier alpha value is -4.27. The zero-order valence-electron chi connectivity index (χ0n) is 19.6. The molecule has 0 spiro atoms. The van der Waals surface area contributed by atoms with Crippen LogP contribution in [0.15, 0.2) is 71.4 Å². The molecule has 5 rings (SSSR count).